The zero-order valence-corrected chi connectivity index (χ0v) is 12.2. The second-order valence-corrected chi connectivity index (χ2v) is 6.92. The molecule has 0 aromatic heterocycles. The van der Waals surface area contributed by atoms with Crippen molar-refractivity contribution in [3.05, 3.63) is 29.3 Å². The average Bonchev–Trinajstić information content (AvgIpc) is 2.36. The molecule has 0 bridgehead atoms. The van der Waals surface area contributed by atoms with Crippen LogP contribution < -0.4 is 4.72 Å². The number of nitrogens with one attached hydrogen (secondary N) is 1. The minimum absolute atomic E-state index is 0.203. The Kier molecular flexibility index (Phi) is 5.03. The Balaban J connectivity index is 3.22. The number of hydrogen-bond donors (Lipinski definition) is 3. The summed E-state index contributed by atoms with van der Waals surface area (Å²) in [7, 11) is -4.37. The third-order valence-corrected chi connectivity index (χ3v) is 4.15. The molecular formula is C12H15F2NO5S. The van der Waals surface area contributed by atoms with Crippen LogP contribution in [0.15, 0.2) is 17.0 Å². The lowest BCUT2D eigenvalue weighted by Gasteiger charge is -2.22. The summed E-state index contributed by atoms with van der Waals surface area (Å²) in [6.45, 7) is 2.62. The smallest absolute Gasteiger partial charge is 0.341 e. The van der Waals surface area contributed by atoms with Crippen molar-refractivity contribution in [2.45, 2.75) is 18.7 Å². The lowest BCUT2D eigenvalue weighted by atomic mass is 9.96. The second kappa shape index (κ2) is 6.04. The lowest BCUT2D eigenvalue weighted by Crippen LogP contribution is -2.36. The van der Waals surface area contributed by atoms with Crippen LogP contribution >= 0.6 is 0 Å². The lowest BCUT2D eigenvalue weighted by molar-refractivity contribution is 0.0685. The predicted molar refractivity (Wildman–Crippen MR) is 69.4 cm³/mol. The van der Waals surface area contributed by atoms with Gasteiger partial charge >= 0.3 is 5.97 Å². The molecule has 0 aliphatic carbocycles. The van der Waals surface area contributed by atoms with Gasteiger partial charge in [-0.15, -0.1) is 0 Å². The maximum atomic E-state index is 13.9. The van der Waals surface area contributed by atoms with Gasteiger partial charge < -0.3 is 10.2 Å². The van der Waals surface area contributed by atoms with E-state index >= 15 is 0 Å². The molecule has 0 saturated heterocycles. The van der Waals surface area contributed by atoms with E-state index < -0.39 is 43.5 Å². The second-order valence-electron chi connectivity index (χ2n) is 5.19. The third-order valence-electron chi connectivity index (χ3n) is 2.73. The van der Waals surface area contributed by atoms with Crippen molar-refractivity contribution in [1.82, 2.24) is 4.72 Å². The molecule has 3 N–H and O–H groups in total. The molecule has 21 heavy (non-hydrogen) atoms. The molecule has 0 amide bonds. The topological polar surface area (TPSA) is 104 Å². The molecule has 0 fully saturated rings. The van der Waals surface area contributed by atoms with E-state index in [-0.39, 0.29) is 13.2 Å². The van der Waals surface area contributed by atoms with Crippen LogP contribution in [0.5, 0.6) is 0 Å². The fourth-order valence-corrected chi connectivity index (χ4v) is 2.68. The summed E-state index contributed by atoms with van der Waals surface area (Å²) in [5, 5.41) is 17.7. The zero-order valence-electron chi connectivity index (χ0n) is 11.4. The Labute approximate surface area is 120 Å². The average molecular weight is 323 g/mol. The Morgan fingerprint density at radius 1 is 1.33 bits per heavy atom. The van der Waals surface area contributed by atoms with E-state index in [2.05, 4.69) is 0 Å². The molecule has 1 aromatic carbocycles. The molecule has 1 aromatic rings. The van der Waals surface area contributed by atoms with Gasteiger partial charge in [-0.05, 0) is 12.1 Å². The van der Waals surface area contributed by atoms with Crippen molar-refractivity contribution < 1.29 is 32.2 Å². The number of sulfonamides is 1. The van der Waals surface area contributed by atoms with Crippen LogP contribution in [0.25, 0.3) is 0 Å². The van der Waals surface area contributed by atoms with Crippen LogP contribution in [0.1, 0.15) is 24.2 Å². The van der Waals surface area contributed by atoms with Crippen molar-refractivity contribution in [2.75, 3.05) is 13.2 Å². The van der Waals surface area contributed by atoms with E-state index in [1.54, 1.807) is 13.8 Å². The summed E-state index contributed by atoms with van der Waals surface area (Å²) in [5.74, 6) is -4.94. The maximum Gasteiger partial charge on any atom is 0.341 e. The molecule has 6 nitrogen and oxygen atoms in total. The van der Waals surface area contributed by atoms with Crippen LogP contribution in [-0.2, 0) is 10.0 Å². The summed E-state index contributed by atoms with van der Waals surface area (Å²) in [5.41, 5.74) is -2.13. The molecule has 0 radical (unpaired) electrons. The van der Waals surface area contributed by atoms with Gasteiger partial charge in [-0.1, -0.05) is 13.8 Å². The predicted octanol–water partition coefficient (Wildman–Crippen LogP) is 0.960. The summed E-state index contributed by atoms with van der Waals surface area (Å²) < 4.78 is 53.1. The zero-order chi connectivity index (χ0) is 16.4. The molecular weight excluding hydrogens is 308 g/mol. The highest BCUT2D eigenvalue weighted by atomic mass is 32.2. The molecule has 0 aliphatic rings. The van der Waals surface area contributed by atoms with E-state index in [1.807, 2.05) is 4.72 Å². The quantitative estimate of drug-likeness (QED) is 0.723. The fourth-order valence-electron chi connectivity index (χ4n) is 1.36. The van der Waals surface area contributed by atoms with Crippen LogP contribution in [0.4, 0.5) is 8.78 Å². The summed E-state index contributed by atoms with van der Waals surface area (Å²) in [4.78, 5) is 9.79. The van der Waals surface area contributed by atoms with Gasteiger partial charge in [0.2, 0.25) is 10.0 Å². The van der Waals surface area contributed by atoms with Crippen LogP contribution in [0, 0.1) is 17.0 Å². The van der Waals surface area contributed by atoms with E-state index in [1.165, 1.54) is 0 Å². The van der Waals surface area contributed by atoms with E-state index in [0.717, 1.165) is 0 Å². The Morgan fingerprint density at radius 2 is 1.90 bits per heavy atom. The number of aliphatic hydroxyl groups is 1. The highest BCUT2D eigenvalue weighted by Crippen LogP contribution is 2.22. The molecule has 9 heteroatoms. The Hall–Kier alpha value is -1.58. The highest BCUT2D eigenvalue weighted by Gasteiger charge is 2.28. The third kappa shape index (κ3) is 3.96. The number of carbonyl (C=O) groups is 1. The van der Waals surface area contributed by atoms with Gasteiger partial charge in [-0.25, -0.2) is 26.7 Å². The largest absolute Gasteiger partial charge is 0.477 e. The van der Waals surface area contributed by atoms with Gasteiger partial charge in [0.1, 0.15) is 16.3 Å². The minimum Gasteiger partial charge on any atom is -0.477 e. The number of carboxylic acid groups (broad SMARTS) is 1. The van der Waals surface area contributed by atoms with E-state index in [9.17, 15) is 22.0 Å². The molecule has 1 rings (SSSR count). The number of aromatic carboxylic acids is 1. The van der Waals surface area contributed by atoms with Crippen molar-refractivity contribution >= 4 is 16.0 Å². The molecule has 118 valence electrons. The first-order valence-corrected chi connectivity index (χ1v) is 7.32. The van der Waals surface area contributed by atoms with Gasteiger partial charge in [-0.2, -0.15) is 0 Å². The first-order chi connectivity index (χ1) is 9.52. The van der Waals surface area contributed by atoms with Crippen LogP contribution in [-0.4, -0.2) is 37.8 Å². The number of benzene rings is 1. The summed E-state index contributed by atoms with van der Waals surface area (Å²) in [6, 6.07) is 1.21. The van der Waals surface area contributed by atoms with E-state index in [0.29, 0.717) is 12.1 Å². The van der Waals surface area contributed by atoms with Gasteiger partial charge in [0.05, 0.1) is 0 Å². The Bertz CT molecular complexity index is 658. The SMILES string of the molecule is CC(C)(CO)CNS(=O)(=O)c1ccc(F)c(C(=O)O)c1F. The van der Waals surface area contributed by atoms with Crippen LogP contribution in [0.3, 0.4) is 0 Å². The van der Waals surface area contributed by atoms with Gasteiger partial charge in [-0.3, -0.25) is 0 Å². The van der Waals surface area contributed by atoms with Crippen LogP contribution in [0.2, 0.25) is 0 Å². The number of halogens is 2. The number of carboxylic acids is 1. The number of hydrogen-bond acceptors (Lipinski definition) is 4. The normalized spacial score (nSPS) is 12.4. The molecule has 0 unspecified atom stereocenters. The van der Waals surface area contributed by atoms with Crippen molar-refractivity contribution in [3.8, 4) is 0 Å². The van der Waals surface area contributed by atoms with Gasteiger partial charge in [0.15, 0.2) is 5.82 Å². The molecule has 0 atom stereocenters. The van der Waals surface area contributed by atoms with Gasteiger partial charge in [0.25, 0.3) is 0 Å². The molecule has 0 heterocycles. The first kappa shape index (κ1) is 17.5. The Morgan fingerprint density at radius 3 is 2.38 bits per heavy atom. The standard InChI is InChI=1S/C12H15F2NO5S/c1-12(2,6-16)5-15-21(19,20)8-4-3-7(13)9(10(8)14)11(17)18/h3-4,15-16H,5-6H2,1-2H3,(H,17,18). The molecule has 0 saturated carbocycles. The number of rotatable bonds is 6. The minimum atomic E-state index is -4.37. The maximum absolute atomic E-state index is 13.9. The summed E-state index contributed by atoms with van der Waals surface area (Å²) >= 11 is 0. The van der Waals surface area contributed by atoms with Crippen molar-refractivity contribution in [3.63, 3.8) is 0 Å². The monoisotopic (exact) mass is 323 g/mol. The summed E-state index contributed by atoms with van der Waals surface area (Å²) in [6.07, 6.45) is 0. The number of aliphatic hydroxyl groups excluding tert-OH is 1. The fraction of sp³-hybridized carbons (Fsp3) is 0.417. The van der Waals surface area contributed by atoms with Crippen molar-refractivity contribution in [1.29, 1.82) is 0 Å². The first-order valence-electron chi connectivity index (χ1n) is 5.83. The molecule has 0 aliphatic heterocycles. The molecule has 0 spiro atoms. The van der Waals surface area contributed by atoms with Crippen molar-refractivity contribution in [2.24, 2.45) is 5.41 Å². The van der Waals surface area contributed by atoms with Gasteiger partial charge in [0, 0.05) is 18.6 Å². The van der Waals surface area contributed by atoms with E-state index in [4.69, 9.17) is 10.2 Å². The highest BCUT2D eigenvalue weighted by molar-refractivity contribution is 7.89.